The van der Waals surface area contributed by atoms with Gasteiger partial charge in [-0.3, -0.25) is 0 Å². The molecular weight excluding hydrogens is 256 g/mol. The quantitative estimate of drug-likeness (QED) is 0.458. The van der Waals surface area contributed by atoms with Crippen molar-refractivity contribution in [3.05, 3.63) is 0 Å². The molecule has 0 amide bonds. The summed E-state index contributed by atoms with van der Waals surface area (Å²) in [5.41, 5.74) is 0. The summed E-state index contributed by atoms with van der Waals surface area (Å²) in [5, 5.41) is 0. The van der Waals surface area contributed by atoms with Crippen molar-refractivity contribution in [2.24, 2.45) is 0 Å². The van der Waals surface area contributed by atoms with Gasteiger partial charge >= 0.3 is 0 Å². The molecular formula is C16H36O4. The second-order valence-corrected chi connectivity index (χ2v) is 4.33. The third-order valence-electron chi connectivity index (χ3n) is 2.44. The largest absolute Gasteiger partial charge is 0.379 e. The summed E-state index contributed by atoms with van der Waals surface area (Å²) < 4.78 is 20.7. The van der Waals surface area contributed by atoms with E-state index in [4.69, 9.17) is 18.9 Å². The van der Waals surface area contributed by atoms with Crippen LogP contribution < -0.4 is 0 Å². The molecule has 0 unspecified atom stereocenters. The van der Waals surface area contributed by atoms with E-state index in [0.29, 0.717) is 0 Å². The molecule has 20 heavy (non-hydrogen) atoms. The predicted octanol–water partition coefficient (Wildman–Crippen LogP) is 3.68. The van der Waals surface area contributed by atoms with Crippen LogP contribution in [0.25, 0.3) is 0 Å². The highest BCUT2D eigenvalue weighted by molar-refractivity contribution is 4.35. The molecule has 0 aromatic carbocycles. The topological polar surface area (TPSA) is 36.9 Å². The van der Waals surface area contributed by atoms with E-state index in [1.165, 1.54) is 12.8 Å². The van der Waals surface area contributed by atoms with E-state index < -0.39 is 0 Å². The summed E-state index contributed by atoms with van der Waals surface area (Å²) >= 11 is 0. The van der Waals surface area contributed by atoms with E-state index in [9.17, 15) is 0 Å². The van der Waals surface area contributed by atoms with Crippen molar-refractivity contribution in [2.45, 2.75) is 53.4 Å². The van der Waals surface area contributed by atoms with Gasteiger partial charge in [0.05, 0.1) is 26.4 Å². The van der Waals surface area contributed by atoms with Gasteiger partial charge in [-0.05, 0) is 26.7 Å². The summed E-state index contributed by atoms with van der Waals surface area (Å²) in [6, 6.07) is 0. The van der Waals surface area contributed by atoms with Gasteiger partial charge in [-0.25, -0.2) is 0 Å². The van der Waals surface area contributed by atoms with E-state index in [1.807, 2.05) is 13.8 Å². The molecule has 0 saturated heterocycles. The molecule has 0 aromatic rings. The summed E-state index contributed by atoms with van der Waals surface area (Å²) in [6.45, 7) is 14.6. The van der Waals surface area contributed by atoms with Crippen LogP contribution in [0.1, 0.15) is 53.4 Å². The molecule has 0 spiro atoms. The van der Waals surface area contributed by atoms with E-state index in [2.05, 4.69) is 13.8 Å². The number of unbranched alkanes of at least 4 members (excludes halogenated alkanes) is 2. The van der Waals surface area contributed by atoms with Gasteiger partial charge in [0.1, 0.15) is 0 Å². The number of hydrogen-bond donors (Lipinski definition) is 0. The summed E-state index contributed by atoms with van der Waals surface area (Å²) in [7, 11) is 0. The lowest BCUT2D eigenvalue weighted by atomic mass is 10.4. The molecule has 0 heterocycles. The minimum absolute atomic E-state index is 0.727. The lowest BCUT2D eigenvalue weighted by Gasteiger charge is -2.03. The summed E-state index contributed by atoms with van der Waals surface area (Å²) in [6.07, 6.45) is 4.73. The maximum Gasteiger partial charge on any atom is 0.0700 e. The third-order valence-corrected chi connectivity index (χ3v) is 2.44. The number of rotatable bonds is 14. The molecule has 0 atom stereocenters. The second-order valence-electron chi connectivity index (χ2n) is 4.33. The van der Waals surface area contributed by atoms with Crippen LogP contribution in [0.3, 0.4) is 0 Å². The van der Waals surface area contributed by atoms with Gasteiger partial charge < -0.3 is 18.9 Å². The molecule has 0 radical (unpaired) electrons. The van der Waals surface area contributed by atoms with Crippen molar-refractivity contribution in [2.75, 3.05) is 52.9 Å². The Labute approximate surface area is 126 Å². The average Bonchev–Trinajstić information content (AvgIpc) is 2.47. The predicted molar refractivity (Wildman–Crippen MR) is 84.4 cm³/mol. The van der Waals surface area contributed by atoms with Gasteiger partial charge in [0.25, 0.3) is 0 Å². The fraction of sp³-hybridized carbons (Fsp3) is 1.00. The molecule has 0 aliphatic rings. The Morgan fingerprint density at radius 2 is 0.800 bits per heavy atom. The van der Waals surface area contributed by atoms with Gasteiger partial charge in [0.2, 0.25) is 0 Å². The standard InChI is InChI=1S/C10H22O2.C6H14O2/c1-3-5-7-11-9-10-12-8-6-4-2;1-3-7-5-6-8-4-2/h3-10H2,1-2H3;3-6H2,1-2H3. The normalized spacial score (nSPS) is 10.2. The van der Waals surface area contributed by atoms with Crippen LogP contribution in [0.2, 0.25) is 0 Å². The monoisotopic (exact) mass is 292 g/mol. The first-order chi connectivity index (χ1) is 9.83. The van der Waals surface area contributed by atoms with Crippen LogP contribution in [-0.2, 0) is 18.9 Å². The highest BCUT2D eigenvalue weighted by Crippen LogP contribution is 1.90. The Morgan fingerprint density at radius 3 is 1.10 bits per heavy atom. The Hall–Kier alpha value is -0.160. The van der Waals surface area contributed by atoms with Gasteiger partial charge in [-0.2, -0.15) is 0 Å². The van der Waals surface area contributed by atoms with Crippen LogP contribution in [0.15, 0.2) is 0 Å². The van der Waals surface area contributed by atoms with E-state index >= 15 is 0 Å². The van der Waals surface area contributed by atoms with Gasteiger partial charge in [-0.1, -0.05) is 26.7 Å². The zero-order valence-electron chi connectivity index (χ0n) is 14.1. The van der Waals surface area contributed by atoms with Crippen LogP contribution >= 0.6 is 0 Å². The van der Waals surface area contributed by atoms with Crippen molar-refractivity contribution >= 4 is 0 Å². The zero-order valence-corrected chi connectivity index (χ0v) is 14.1. The molecule has 0 aliphatic heterocycles. The SMILES string of the molecule is CCCCOCCOCCCC.CCOCCOCC. The van der Waals surface area contributed by atoms with Gasteiger partial charge in [0.15, 0.2) is 0 Å². The van der Waals surface area contributed by atoms with E-state index in [1.54, 1.807) is 0 Å². The van der Waals surface area contributed by atoms with E-state index in [-0.39, 0.29) is 0 Å². The fourth-order valence-corrected chi connectivity index (χ4v) is 1.22. The Kier molecular flexibility index (Phi) is 26.4. The first-order valence-corrected chi connectivity index (χ1v) is 8.14. The average molecular weight is 292 g/mol. The Balaban J connectivity index is 0. The molecule has 0 aliphatic carbocycles. The van der Waals surface area contributed by atoms with Gasteiger partial charge in [-0.15, -0.1) is 0 Å². The zero-order chi connectivity index (χ0) is 15.3. The van der Waals surface area contributed by atoms with Crippen LogP contribution in [0.4, 0.5) is 0 Å². The summed E-state index contributed by atoms with van der Waals surface area (Å²) in [4.78, 5) is 0. The van der Waals surface area contributed by atoms with Crippen molar-refractivity contribution in [1.82, 2.24) is 0 Å². The highest BCUT2D eigenvalue weighted by Gasteiger charge is 1.88. The Bertz CT molecular complexity index is 126. The fourth-order valence-electron chi connectivity index (χ4n) is 1.22. The van der Waals surface area contributed by atoms with Crippen LogP contribution in [-0.4, -0.2) is 52.9 Å². The lowest BCUT2D eigenvalue weighted by Crippen LogP contribution is -2.05. The molecule has 0 saturated carbocycles. The molecule has 0 fully saturated rings. The van der Waals surface area contributed by atoms with Crippen molar-refractivity contribution in [3.8, 4) is 0 Å². The molecule has 0 bridgehead atoms. The first kappa shape index (κ1) is 22.1. The van der Waals surface area contributed by atoms with Crippen molar-refractivity contribution in [1.29, 1.82) is 0 Å². The maximum atomic E-state index is 5.33. The molecule has 4 heteroatoms. The molecule has 0 aromatic heterocycles. The van der Waals surface area contributed by atoms with Crippen molar-refractivity contribution < 1.29 is 18.9 Å². The Morgan fingerprint density at radius 1 is 0.450 bits per heavy atom. The van der Waals surface area contributed by atoms with Crippen molar-refractivity contribution in [3.63, 3.8) is 0 Å². The molecule has 0 rings (SSSR count). The number of ether oxygens (including phenoxy) is 4. The summed E-state index contributed by atoms with van der Waals surface area (Å²) in [5.74, 6) is 0. The minimum atomic E-state index is 0.727. The second kappa shape index (κ2) is 23.9. The maximum absolute atomic E-state index is 5.33. The highest BCUT2D eigenvalue weighted by atomic mass is 16.5. The first-order valence-electron chi connectivity index (χ1n) is 8.14. The van der Waals surface area contributed by atoms with Crippen LogP contribution in [0.5, 0.6) is 0 Å². The lowest BCUT2D eigenvalue weighted by molar-refractivity contribution is 0.0457. The number of hydrogen-bond acceptors (Lipinski definition) is 4. The molecule has 4 nitrogen and oxygen atoms in total. The van der Waals surface area contributed by atoms with Gasteiger partial charge in [0, 0.05) is 26.4 Å². The molecule has 124 valence electrons. The smallest absolute Gasteiger partial charge is 0.0700 e. The van der Waals surface area contributed by atoms with Crippen LogP contribution in [0, 0.1) is 0 Å². The third kappa shape index (κ3) is 26.4. The minimum Gasteiger partial charge on any atom is -0.379 e. The van der Waals surface area contributed by atoms with E-state index in [0.717, 1.165) is 65.7 Å². The molecule has 0 N–H and O–H groups in total.